The van der Waals surface area contributed by atoms with Crippen molar-refractivity contribution in [2.45, 2.75) is 0 Å². The van der Waals surface area contributed by atoms with Crippen LogP contribution in [0.25, 0.3) is 11.1 Å². The van der Waals surface area contributed by atoms with Gasteiger partial charge in [0, 0.05) is 18.2 Å². The number of hydrogen-bond donors (Lipinski definition) is 0. The first-order valence-corrected chi connectivity index (χ1v) is 9.21. The molecule has 0 unspecified atom stereocenters. The maximum atomic E-state index is 12.5. The number of aliphatic imine (C=N–C) groups is 1. The summed E-state index contributed by atoms with van der Waals surface area (Å²) < 4.78 is 5.25. The van der Waals surface area contributed by atoms with Crippen LogP contribution in [0.1, 0.15) is 16.7 Å². The molecule has 0 aromatic heterocycles. The molecule has 0 atom stereocenters. The van der Waals surface area contributed by atoms with Crippen molar-refractivity contribution < 1.29 is 9.53 Å². The van der Waals surface area contributed by atoms with Gasteiger partial charge in [-0.15, -0.1) is 0 Å². The molecule has 3 aromatic rings. The van der Waals surface area contributed by atoms with Crippen LogP contribution < -0.4 is 9.64 Å². The Balaban J connectivity index is 1.88. The SMILES string of the molecule is COc1ccc(-c2ccc3c(c2)C(c2cccc(C#N)c2)=NCC(=O)N3C)cc1. The summed E-state index contributed by atoms with van der Waals surface area (Å²) in [5.41, 5.74) is 5.80. The number of nitriles is 1. The molecule has 142 valence electrons. The number of ether oxygens (including phenoxy) is 1. The standard InChI is InChI=1S/C24H19N3O2/c1-27-22-11-8-18(17-6-9-20(29-2)10-7-17)13-21(22)24(26-15-23(27)28)19-5-3-4-16(12-19)14-25/h3-13H,15H2,1-2H3. The van der Waals surface area contributed by atoms with Gasteiger partial charge in [0.25, 0.3) is 0 Å². The highest BCUT2D eigenvalue weighted by Gasteiger charge is 2.23. The summed E-state index contributed by atoms with van der Waals surface area (Å²) in [6.07, 6.45) is 0. The average molecular weight is 381 g/mol. The summed E-state index contributed by atoms with van der Waals surface area (Å²) in [5.74, 6) is 0.722. The number of benzene rings is 3. The van der Waals surface area contributed by atoms with Crippen molar-refractivity contribution >= 4 is 17.3 Å². The fraction of sp³-hybridized carbons (Fsp3) is 0.125. The smallest absolute Gasteiger partial charge is 0.248 e. The van der Waals surface area contributed by atoms with Gasteiger partial charge in [0.15, 0.2) is 0 Å². The zero-order valence-electron chi connectivity index (χ0n) is 16.2. The molecule has 0 saturated heterocycles. The predicted octanol–water partition coefficient (Wildman–Crippen LogP) is 4.05. The number of carbonyl (C=O) groups excluding carboxylic acids is 1. The third-order valence-electron chi connectivity index (χ3n) is 5.05. The van der Waals surface area contributed by atoms with Crippen LogP contribution in [0.5, 0.6) is 5.75 Å². The number of likely N-dealkylation sites (N-methyl/N-ethyl adjacent to an activating group) is 1. The molecule has 0 fully saturated rings. The summed E-state index contributed by atoms with van der Waals surface area (Å²) in [7, 11) is 3.40. The lowest BCUT2D eigenvalue weighted by molar-refractivity contribution is -0.116. The summed E-state index contributed by atoms with van der Waals surface area (Å²) >= 11 is 0. The van der Waals surface area contributed by atoms with Gasteiger partial charge in [-0.05, 0) is 47.5 Å². The van der Waals surface area contributed by atoms with Crippen LogP contribution in [0.2, 0.25) is 0 Å². The van der Waals surface area contributed by atoms with Crippen LogP contribution in [0.3, 0.4) is 0 Å². The van der Waals surface area contributed by atoms with Gasteiger partial charge in [0.2, 0.25) is 5.91 Å². The molecule has 0 radical (unpaired) electrons. The van der Waals surface area contributed by atoms with E-state index >= 15 is 0 Å². The van der Waals surface area contributed by atoms with E-state index in [-0.39, 0.29) is 12.5 Å². The molecule has 0 spiro atoms. The summed E-state index contributed by atoms with van der Waals surface area (Å²) in [6, 6.07) is 23.3. The molecule has 29 heavy (non-hydrogen) atoms. The van der Waals surface area contributed by atoms with E-state index in [4.69, 9.17) is 4.74 Å². The normalized spacial score (nSPS) is 13.2. The average Bonchev–Trinajstić information content (AvgIpc) is 2.90. The quantitative estimate of drug-likeness (QED) is 0.687. The molecule has 3 aromatic carbocycles. The van der Waals surface area contributed by atoms with Gasteiger partial charge in [-0.2, -0.15) is 5.26 Å². The van der Waals surface area contributed by atoms with Crippen LogP contribution >= 0.6 is 0 Å². The molecular formula is C24H19N3O2. The number of anilines is 1. The van der Waals surface area contributed by atoms with E-state index in [1.807, 2.05) is 54.6 Å². The number of fused-ring (bicyclic) bond motifs is 1. The summed E-state index contributed by atoms with van der Waals surface area (Å²) in [6.45, 7) is 0.0646. The van der Waals surface area contributed by atoms with Crippen molar-refractivity contribution in [1.29, 1.82) is 5.26 Å². The number of carbonyl (C=O) groups is 1. The predicted molar refractivity (Wildman–Crippen MR) is 114 cm³/mol. The highest BCUT2D eigenvalue weighted by molar-refractivity contribution is 6.20. The fourth-order valence-corrected chi connectivity index (χ4v) is 3.44. The minimum absolute atomic E-state index is 0.0646. The Labute approximate surface area is 169 Å². The van der Waals surface area contributed by atoms with Crippen molar-refractivity contribution in [3.8, 4) is 22.9 Å². The Morgan fingerprint density at radius 1 is 1.00 bits per heavy atom. The number of amides is 1. The topological polar surface area (TPSA) is 65.7 Å². The van der Waals surface area contributed by atoms with Gasteiger partial charge < -0.3 is 9.64 Å². The molecule has 0 bridgehead atoms. The Kier molecular flexibility index (Phi) is 4.84. The van der Waals surface area contributed by atoms with Crippen LogP contribution in [0.4, 0.5) is 5.69 Å². The van der Waals surface area contributed by atoms with E-state index in [1.165, 1.54) is 0 Å². The number of rotatable bonds is 3. The zero-order chi connectivity index (χ0) is 20.4. The second-order valence-electron chi connectivity index (χ2n) is 6.77. The number of methoxy groups -OCH3 is 1. The van der Waals surface area contributed by atoms with Crippen LogP contribution in [0.15, 0.2) is 71.7 Å². The van der Waals surface area contributed by atoms with Crippen LogP contribution in [-0.2, 0) is 4.79 Å². The third kappa shape index (κ3) is 3.48. The first-order chi connectivity index (χ1) is 14.1. The van der Waals surface area contributed by atoms with Gasteiger partial charge in [-0.25, -0.2) is 0 Å². The molecule has 0 aliphatic carbocycles. The van der Waals surface area contributed by atoms with Crippen LogP contribution in [0, 0.1) is 11.3 Å². The highest BCUT2D eigenvalue weighted by Crippen LogP contribution is 2.32. The lowest BCUT2D eigenvalue weighted by Gasteiger charge is -2.19. The van der Waals surface area contributed by atoms with Crippen molar-refractivity contribution in [2.75, 3.05) is 25.6 Å². The number of hydrogen-bond acceptors (Lipinski definition) is 4. The zero-order valence-corrected chi connectivity index (χ0v) is 16.2. The molecular weight excluding hydrogens is 362 g/mol. The maximum absolute atomic E-state index is 12.5. The van der Waals surface area contributed by atoms with Gasteiger partial charge in [0.1, 0.15) is 12.3 Å². The Bertz CT molecular complexity index is 1160. The minimum Gasteiger partial charge on any atom is -0.497 e. The second kappa shape index (κ2) is 7.61. The molecule has 1 amide bonds. The molecule has 4 rings (SSSR count). The van der Waals surface area contributed by atoms with E-state index < -0.39 is 0 Å². The molecule has 1 heterocycles. The second-order valence-corrected chi connectivity index (χ2v) is 6.77. The first-order valence-electron chi connectivity index (χ1n) is 9.21. The monoisotopic (exact) mass is 381 g/mol. The molecule has 1 aliphatic rings. The van der Waals surface area contributed by atoms with E-state index in [1.54, 1.807) is 31.2 Å². The van der Waals surface area contributed by atoms with Crippen molar-refractivity contribution in [1.82, 2.24) is 0 Å². The van der Waals surface area contributed by atoms with Crippen molar-refractivity contribution in [2.24, 2.45) is 4.99 Å². The molecule has 1 aliphatic heterocycles. The van der Waals surface area contributed by atoms with E-state index in [0.29, 0.717) is 11.3 Å². The lowest BCUT2D eigenvalue weighted by atomic mass is 9.95. The Morgan fingerprint density at radius 3 is 2.48 bits per heavy atom. The Morgan fingerprint density at radius 2 is 1.76 bits per heavy atom. The highest BCUT2D eigenvalue weighted by atomic mass is 16.5. The molecule has 0 saturated carbocycles. The van der Waals surface area contributed by atoms with Crippen molar-refractivity contribution in [3.05, 3.63) is 83.4 Å². The Hall–Kier alpha value is -3.91. The van der Waals surface area contributed by atoms with E-state index in [2.05, 4.69) is 11.1 Å². The maximum Gasteiger partial charge on any atom is 0.248 e. The van der Waals surface area contributed by atoms with Crippen molar-refractivity contribution in [3.63, 3.8) is 0 Å². The van der Waals surface area contributed by atoms with Crippen LogP contribution in [-0.4, -0.2) is 32.3 Å². The van der Waals surface area contributed by atoms with Gasteiger partial charge in [-0.1, -0.05) is 30.3 Å². The van der Waals surface area contributed by atoms with E-state index in [9.17, 15) is 10.1 Å². The fourth-order valence-electron chi connectivity index (χ4n) is 3.44. The first kappa shape index (κ1) is 18.5. The van der Waals surface area contributed by atoms with Gasteiger partial charge in [-0.3, -0.25) is 9.79 Å². The molecule has 0 N–H and O–H groups in total. The largest absolute Gasteiger partial charge is 0.497 e. The third-order valence-corrected chi connectivity index (χ3v) is 5.05. The summed E-state index contributed by atoms with van der Waals surface area (Å²) in [4.78, 5) is 18.7. The summed E-state index contributed by atoms with van der Waals surface area (Å²) in [5, 5.41) is 9.27. The number of nitrogens with zero attached hydrogens (tertiary/aromatic N) is 3. The van der Waals surface area contributed by atoms with Gasteiger partial charge in [0.05, 0.1) is 30.1 Å². The number of benzodiazepines with no additional fused rings is 1. The molecule has 5 nitrogen and oxygen atoms in total. The van der Waals surface area contributed by atoms with Gasteiger partial charge >= 0.3 is 0 Å². The lowest BCUT2D eigenvalue weighted by Crippen LogP contribution is -2.27. The minimum atomic E-state index is -0.0742. The van der Waals surface area contributed by atoms with E-state index in [0.717, 1.165) is 33.7 Å². The molecule has 5 heteroatoms.